The highest BCUT2D eigenvalue weighted by Gasteiger charge is 2.26. The van der Waals surface area contributed by atoms with Crippen molar-refractivity contribution in [2.24, 2.45) is 0 Å². The summed E-state index contributed by atoms with van der Waals surface area (Å²) < 4.78 is 22.8. The highest BCUT2D eigenvalue weighted by Crippen LogP contribution is 2.28. The summed E-state index contributed by atoms with van der Waals surface area (Å²) in [5.74, 6) is 0.243. The quantitative estimate of drug-likeness (QED) is 0.875. The SMILES string of the molecule is O=C(O)c1ccc2nc(C3CCS(=O)(=O)CC3)[nH]c2c1. The lowest BCUT2D eigenvalue weighted by atomic mass is 10.0. The number of sulfone groups is 1. The van der Waals surface area contributed by atoms with Crippen LogP contribution in [0.3, 0.4) is 0 Å². The number of aromatic carboxylic acids is 1. The molecule has 1 aromatic heterocycles. The van der Waals surface area contributed by atoms with Gasteiger partial charge in [-0.15, -0.1) is 0 Å². The van der Waals surface area contributed by atoms with Crippen molar-refractivity contribution < 1.29 is 18.3 Å². The molecular formula is C13H14N2O4S. The summed E-state index contributed by atoms with van der Waals surface area (Å²) in [6.45, 7) is 0. The number of aromatic nitrogens is 2. The number of rotatable bonds is 2. The van der Waals surface area contributed by atoms with Gasteiger partial charge in [-0.05, 0) is 31.0 Å². The number of hydrogen-bond acceptors (Lipinski definition) is 4. The van der Waals surface area contributed by atoms with Crippen LogP contribution in [0.1, 0.15) is 34.9 Å². The summed E-state index contributed by atoms with van der Waals surface area (Å²) in [7, 11) is -2.89. The summed E-state index contributed by atoms with van der Waals surface area (Å²) in [5, 5.41) is 8.96. The van der Waals surface area contributed by atoms with Crippen LogP contribution in [0.4, 0.5) is 0 Å². The number of aromatic amines is 1. The standard InChI is InChI=1S/C13H14N2O4S/c16-13(17)9-1-2-10-11(7-9)15-12(14-10)8-3-5-20(18,19)6-4-8/h1-2,7-8H,3-6H2,(H,14,15)(H,16,17). The van der Waals surface area contributed by atoms with Gasteiger partial charge in [0.05, 0.1) is 28.1 Å². The first kappa shape index (κ1) is 13.1. The van der Waals surface area contributed by atoms with Crippen LogP contribution in [0.15, 0.2) is 18.2 Å². The largest absolute Gasteiger partial charge is 0.478 e. The van der Waals surface area contributed by atoms with Gasteiger partial charge in [-0.1, -0.05) is 0 Å². The van der Waals surface area contributed by atoms with Gasteiger partial charge in [-0.3, -0.25) is 0 Å². The van der Waals surface area contributed by atoms with E-state index in [1.165, 1.54) is 6.07 Å². The van der Waals surface area contributed by atoms with Gasteiger partial charge in [0.15, 0.2) is 0 Å². The Morgan fingerprint density at radius 2 is 2.00 bits per heavy atom. The lowest BCUT2D eigenvalue weighted by Crippen LogP contribution is -2.22. The van der Waals surface area contributed by atoms with E-state index in [1.807, 2.05) is 0 Å². The third-order valence-corrected chi connectivity index (χ3v) is 5.40. The van der Waals surface area contributed by atoms with Crippen molar-refractivity contribution in [2.45, 2.75) is 18.8 Å². The van der Waals surface area contributed by atoms with Crippen LogP contribution < -0.4 is 0 Å². The van der Waals surface area contributed by atoms with E-state index in [0.29, 0.717) is 23.9 Å². The van der Waals surface area contributed by atoms with Crippen LogP contribution in [0.5, 0.6) is 0 Å². The van der Waals surface area contributed by atoms with Crippen molar-refractivity contribution in [2.75, 3.05) is 11.5 Å². The fourth-order valence-electron chi connectivity index (χ4n) is 2.52. The number of carboxylic acid groups (broad SMARTS) is 1. The number of H-pyrrole nitrogens is 1. The first-order valence-corrected chi connectivity index (χ1v) is 8.20. The van der Waals surface area contributed by atoms with Crippen LogP contribution >= 0.6 is 0 Å². The molecule has 0 aliphatic carbocycles. The second-order valence-electron chi connectivity index (χ2n) is 5.09. The summed E-state index contributed by atoms with van der Waals surface area (Å²) in [6, 6.07) is 4.73. The number of imidazole rings is 1. The topological polar surface area (TPSA) is 100 Å². The summed E-state index contributed by atoms with van der Waals surface area (Å²) in [6.07, 6.45) is 1.13. The Balaban J connectivity index is 1.91. The molecular weight excluding hydrogens is 280 g/mol. The van der Waals surface area contributed by atoms with Gasteiger partial charge in [0.25, 0.3) is 0 Å². The lowest BCUT2D eigenvalue weighted by molar-refractivity contribution is 0.0697. The molecule has 1 aliphatic rings. The highest BCUT2D eigenvalue weighted by molar-refractivity contribution is 7.91. The van der Waals surface area contributed by atoms with Gasteiger partial charge in [0, 0.05) is 5.92 Å². The second kappa shape index (κ2) is 4.59. The minimum absolute atomic E-state index is 0.0965. The molecule has 20 heavy (non-hydrogen) atoms. The fourth-order valence-corrected chi connectivity index (χ4v) is 4.01. The van der Waals surface area contributed by atoms with E-state index in [-0.39, 0.29) is 23.0 Å². The molecule has 1 aliphatic heterocycles. The normalized spacial score (nSPS) is 19.2. The van der Waals surface area contributed by atoms with Crippen LogP contribution in [0, 0.1) is 0 Å². The number of benzene rings is 1. The average Bonchev–Trinajstić information content (AvgIpc) is 2.81. The highest BCUT2D eigenvalue weighted by atomic mass is 32.2. The number of nitrogens with one attached hydrogen (secondary N) is 1. The Kier molecular flexibility index (Phi) is 3.01. The van der Waals surface area contributed by atoms with Crippen molar-refractivity contribution in [3.63, 3.8) is 0 Å². The molecule has 6 nitrogen and oxygen atoms in total. The van der Waals surface area contributed by atoms with E-state index < -0.39 is 15.8 Å². The fraction of sp³-hybridized carbons (Fsp3) is 0.385. The zero-order valence-corrected chi connectivity index (χ0v) is 11.5. The Morgan fingerprint density at radius 1 is 1.30 bits per heavy atom. The lowest BCUT2D eigenvalue weighted by Gasteiger charge is -2.19. The number of fused-ring (bicyclic) bond motifs is 1. The summed E-state index contributed by atoms with van der Waals surface area (Å²) >= 11 is 0. The first-order valence-electron chi connectivity index (χ1n) is 6.38. The van der Waals surface area contributed by atoms with E-state index in [4.69, 9.17) is 5.11 Å². The maximum absolute atomic E-state index is 11.4. The Hall–Kier alpha value is -1.89. The minimum atomic E-state index is -2.89. The predicted molar refractivity (Wildman–Crippen MR) is 73.7 cm³/mol. The number of nitrogens with zero attached hydrogens (tertiary/aromatic N) is 1. The van der Waals surface area contributed by atoms with E-state index in [9.17, 15) is 13.2 Å². The maximum Gasteiger partial charge on any atom is 0.335 e. The zero-order valence-electron chi connectivity index (χ0n) is 10.7. The molecule has 106 valence electrons. The maximum atomic E-state index is 11.4. The molecule has 0 spiro atoms. The molecule has 0 bridgehead atoms. The van der Waals surface area contributed by atoms with Gasteiger partial charge in [-0.25, -0.2) is 18.2 Å². The van der Waals surface area contributed by atoms with Crippen molar-refractivity contribution in [3.05, 3.63) is 29.6 Å². The third-order valence-electron chi connectivity index (χ3n) is 3.69. The Bertz CT molecular complexity index is 765. The van der Waals surface area contributed by atoms with Crippen LogP contribution in [0.25, 0.3) is 11.0 Å². The van der Waals surface area contributed by atoms with Gasteiger partial charge in [0.2, 0.25) is 0 Å². The zero-order chi connectivity index (χ0) is 14.3. The predicted octanol–water partition coefficient (Wildman–Crippen LogP) is 1.55. The minimum Gasteiger partial charge on any atom is -0.478 e. The molecule has 2 N–H and O–H groups in total. The molecule has 0 amide bonds. The molecule has 0 unspecified atom stereocenters. The van der Waals surface area contributed by atoms with Crippen molar-refractivity contribution >= 4 is 26.8 Å². The van der Waals surface area contributed by atoms with Gasteiger partial charge < -0.3 is 10.1 Å². The van der Waals surface area contributed by atoms with Crippen molar-refractivity contribution in [1.29, 1.82) is 0 Å². The van der Waals surface area contributed by atoms with Crippen molar-refractivity contribution in [1.82, 2.24) is 9.97 Å². The smallest absolute Gasteiger partial charge is 0.335 e. The van der Waals surface area contributed by atoms with E-state index in [2.05, 4.69) is 9.97 Å². The number of hydrogen-bond donors (Lipinski definition) is 2. The van der Waals surface area contributed by atoms with Crippen molar-refractivity contribution in [3.8, 4) is 0 Å². The van der Waals surface area contributed by atoms with Crippen LogP contribution in [-0.2, 0) is 9.84 Å². The first-order chi connectivity index (χ1) is 9.44. The molecule has 7 heteroatoms. The number of carbonyl (C=O) groups is 1. The Labute approximate surface area is 115 Å². The monoisotopic (exact) mass is 294 g/mol. The second-order valence-corrected chi connectivity index (χ2v) is 7.39. The van der Waals surface area contributed by atoms with Crippen LogP contribution in [-0.4, -0.2) is 41.0 Å². The molecule has 1 fully saturated rings. The average molecular weight is 294 g/mol. The molecule has 1 saturated heterocycles. The molecule has 0 atom stereocenters. The van der Waals surface area contributed by atoms with E-state index in [0.717, 1.165) is 5.82 Å². The van der Waals surface area contributed by atoms with Crippen LogP contribution in [0.2, 0.25) is 0 Å². The van der Waals surface area contributed by atoms with Gasteiger partial charge in [0.1, 0.15) is 15.7 Å². The summed E-state index contributed by atoms with van der Waals surface area (Å²) in [4.78, 5) is 18.5. The Morgan fingerprint density at radius 3 is 2.65 bits per heavy atom. The van der Waals surface area contributed by atoms with E-state index >= 15 is 0 Å². The molecule has 1 aromatic carbocycles. The number of carboxylic acids is 1. The molecule has 0 saturated carbocycles. The van der Waals surface area contributed by atoms with Gasteiger partial charge >= 0.3 is 5.97 Å². The molecule has 3 rings (SSSR count). The van der Waals surface area contributed by atoms with Gasteiger partial charge in [-0.2, -0.15) is 0 Å². The van der Waals surface area contributed by atoms with E-state index in [1.54, 1.807) is 12.1 Å². The molecule has 2 heterocycles. The molecule has 0 radical (unpaired) electrons. The summed E-state index contributed by atoms with van der Waals surface area (Å²) in [5.41, 5.74) is 1.59. The molecule has 2 aromatic rings. The third kappa shape index (κ3) is 2.40.